The number of fused-ring (bicyclic) bond motifs is 1. The quantitative estimate of drug-likeness (QED) is 0.762. The summed E-state index contributed by atoms with van der Waals surface area (Å²) in [5.74, 6) is 0.622. The second-order valence-electron chi connectivity index (χ2n) is 7.06. The summed E-state index contributed by atoms with van der Waals surface area (Å²) in [5, 5.41) is 0. The number of halogens is 3. The summed E-state index contributed by atoms with van der Waals surface area (Å²) in [6.45, 7) is 4.15. The summed E-state index contributed by atoms with van der Waals surface area (Å²) in [6, 6.07) is 3.73. The zero-order valence-electron chi connectivity index (χ0n) is 12.9. The summed E-state index contributed by atoms with van der Waals surface area (Å²) in [7, 11) is 0. The van der Waals surface area contributed by atoms with Crippen LogP contribution in [0.5, 0.6) is 0 Å². The van der Waals surface area contributed by atoms with Crippen molar-refractivity contribution in [2.45, 2.75) is 45.2 Å². The highest BCUT2D eigenvalue weighted by molar-refractivity contribution is 5.69. The molecule has 1 aromatic carbocycles. The van der Waals surface area contributed by atoms with Crippen molar-refractivity contribution in [3.05, 3.63) is 23.8 Å². The first-order valence-electron chi connectivity index (χ1n) is 8.01. The van der Waals surface area contributed by atoms with E-state index in [9.17, 15) is 13.2 Å². The van der Waals surface area contributed by atoms with Crippen LogP contribution in [0.2, 0.25) is 0 Å². The van der Waals surface area contributed by atoms with Crippen LogP contribution in [-0.2, 0) is 6.18 Å². The molecule has 2 atom stereocenters. The Morgan fingerprint density at radius 3 is 2.68 bits per heavy atom. The van der Waals surface area contributed by atoms with Crippen molar-refractivity contribution in [3.8, 4) is 0 Å². The minimum absolute atomic E-state index is 0.231. The van der Waals surface area contributed by atoms with E-state index in [2.05, 4.69) is 11.8 Å². The van der Waals surface area contributed by atoms with Gasteiger partial charge in [0, 0.05) is 13.1 Å². The number of benzene rings is 1. The predicted octanol–water partition coefficient (Wildman–Crippen LogP) is 4.69. The number of hydrogen-bond donors (Lipinski definition) is 1. The molecular weight excluding hydrogens is 289 g/mol. The molecule has 0 aromatic heterocycles. The summed E-state index contributed by atoms with van der Waals surface area (Å²) in [5.41, 5.74) is 6.61. The molecule has 1 saturated carbocycles. The minimum atomic E-state index is -4.34. The van der Waals surface area contributed by atoms with Gasteiger partial charge < -0.3 is 10.6 Å². The minimum Gasteiger partial charge on any atom is -0.397 e. The van der Waals surface area contributed by atoms with Crippen molar-refractivity contribution in [1.29, 1.82) is 0 Å². The third-order valence-electron chi connectivity index (χ3n) is 5.63. The zero-order chi connectivity index (χ0) is 16.0. The maximum Gasteiger partial charge on any atom is 0.416 e. The van der Waals surface area contributed by atoms with E-state index in [1.54, 1.807) is 0 Å². The lowest BCUT2D eigenvalue weighted by Crippen LogP contribution is -2.47. The highest BCUT2D eigenvalue weighted by Crippen LogP contribution is 2.48. The van der Waals surface area contributed by atoms with Gasteiger partial charge in [-0.05, 0) is 48.8 Å². The number of nitrogen functional groups attached to an aromatic ring is 1. The molecule has 2 nitrogen and oxygen atoms in total. The molecule has 1 heterocycles. The number of piperidine rings is 1. The molecule has 0 spiro atoms. The average Bonchev–Trinajstić information content (AvgIpc) is 2.45. The monoisotopic (exact) mass is 312 g/mol. The fraction of sp³-hybridized carbons (Fsp3) is 0.647. The Morgan fingerprint density at radius 1 is 1.23 bits per heavy atom. The molecule has 1 aliphatic heterocycles. The van der Waals surface area contributed by atoms with Gasteiger partial charge in [-0.3, -0.25) is 0 Å². The zero-order valence-corrected chi connectivity index (χ0v) is 12.9. The van der Waals surface area contributed by atoms with Gasteiger partial charge in [-0.15, -0.1) is 0 Å². The molecule has 0 amide bonds. The summed E-state index contributed by atoms with van der Waals surface area (Å²) >= 11 is 0. The number of nitrogens with two attached hydrogens (primary N) is 1. The van der Waals surface area contributed by atoms with Crippen molar-refractivity contribution in [2.75, 3.05) is 23.7 Å². The average molecular weight is 312 g/mol. The van der Waals surface area contributed by atoms with Crippen molar-refractivity contribution < 1.29 is 13.2 Å². The molecule has 1 aromatic rings. The van der Waals surface area contributed by atoms with Gasteiger partial charge in [0.1, 0.15) is 0 Å². The van der Waals surface area contributed by atoms with Crippen molar-refractivity contribution in [1.82, 2.24) is 0 Å². The Balaban J connectivity index is 1.81. The highest BCUT2D eigenvalue weighted by atomic mass is 19.4. The second kappa shape index (κ2) is 5.36. The van der Waals surface area contributed by atoms with E-state index in [-0.39, 0.29) is 5.69 Å². The molecule has 2 fully saturated rings. The number of hydrogen-bond acceptors (Lipinski definition) is 2. The van der Waals surface area contributed by atoms with Gasteiger partial charge in [-0.1, -0.05) is 19.8 Å². The van der Waals surface area contributed by atoms with E-state index in [0.717, 1.165) is 37.3 Å². The smallest absolute Gasteiger partial charge is 0.397 e. The van der Waals surface area contributed by atoms with Crippen molar-refractivity contribution in [3.63, 3.8) is 0 Å². The fourth-order valence-corrected chi connectivity index (χ4v) is 4.10. The van der Waals surface area contributed by atoms with Crippen LogP contribution in [0.15, 0.2) is 18.2 Å². The molecule has 1 aliphatic carbocycles. The molecule has 1 saturated heterocycles. The van der Waals surface area contributed by atoms with Gasteiger partial charge in [0.15, 0.2) is 0 Å². The number of anilines is 2. The fourth-order valence-electron chi connectivity index (χ4n) is 4.10. The lowest BCUT2D eigenvalue weighted by atomic mass is 9.64. The van der Waals surface area contributed by atoms with Gasteiger partial charge in [0.2, 0.25) is 0 Å². The van der Waals surface area contributed by atoms with Crippen LogP contribution in [0.1, 0.15) is 44.6 Å². The Morgan fingerprint density at radius 2 is 2.00 bits per heavy atom. The van der Waals surface area contributed by atoms with Crippen LogP contribution in [0, 0.1) is 11.3 Å². The third kappa shape index (κ3) is 2.77. The maximum atomic E-state index is 12.7. The number of nitrogens with zero attached hydrogens (tertiary/aromatic N) is 1. The van der Waals surface area contributed by atoms with Gasteiger partial charge in [0.05, 0.1) is 16.9 Å². The van der Waals surface area contributed by atoms with E-state index >= 15 is 0 Å². The Bertz CT molecular complexity index is 555. The first kappa shape index (κ1) is 15.5. The molecule has 22 heavy (non-hydrogen) atoms. The summed E-state index contributed by atoms with van der Waals surface area (Å²) < 4.78 is 38.2. The highest BCUT2D eigenvalue weighted by Gasteiger charge is 2.41. The third-order valence-corrected chi connectivity index (χ3v) is 5.63. The van der Waals surface area contributed by atoms with Gasteiger partial charge >= 0.3 is 6.18 Å². The normalized spacial score (nSPS) is 29.3. The molecule has 3 rings (SSSR count). The van der Waals surface area contributed by atoms with Crippen molar-refractivity contribution >= 4 is 11.4 Å². The lowest BCUT2D eigenvalue weighted by molar-refractivity contribution is -0.137. The van der Waals surface area contributed by atoms with Crippen LogP contribution in [0.3, 0.4) is 0 Å². The van der Waals surface area contributed by atoms with E-state index in [4.69, 9.17) is 5.73 Å². The Kier molecular flexibility index (Phi) is 3.77. The predicted molar refractivity (Wildman–Crippen MR) is 82.8 cm³/mol. The molecular formula is C17H23F3N2. The molecule has 1 unspecified atom stereocenters. The topological polar surface area (TPSA) is 29.3 Å². The SMILES string of the molecule is C[C@@]12CCCCC1CN(c1ccc(C(F)(F)F)cc1N)CC2. The first-order chi connectivity index (χ1) is 10.3. The van der Waals surface area contributed by atoms with Crippen LogP contribution >= 0.6 is 0 Å². The molecule has 122 valence electrons. The molecule has 0 bridgehead atoms. The van der Waals surface area contributed by atoms with Crippen molar-refractivity contribution in [2.24, 2.45) is 11.3 Å². The molecule has 0 radical (unpaired) electrons. The van der Waals surface area contributed by atoms with E-state index in [1.807, 2.05) is 0 Å². The lowest BCUT2D eigenvalue weighted by Gasteiger charge is -2.49. The Hall–Kier alpha value is -1.39. The van der Waals surface area contributed by atoms with Crippen LogP contribution in [0.25, 0.3) is 0 Å². The Labute approximate surface area is 129 Å². The van der Waals surface area contributed by atoms with E-state index in [0.29, 0.717) is 11.3 Å². The molecule has 2 N–H and O–H groups in total. The van der Waals surface area contributed by atoms with Crippen LogP contribution < -0.4 is 10.6 Å². The number of alkyl halides is 3. The summed E-state index contributed by atoms with van der Waals surface area (Å²) in [6.07, 6.45) is 1.81. The molecule has 2 aliphatic rings. The van der Waals surface area contributed by atoms with Gasteiger partial charge in [-0.25, -0.2) is 0 Å². The van der Waals surface area contributed by atoms with Gasteiger partial charge in [0.25, 0.3) is 0 Å². The summed E-state index contributed by atoms with van der Waals surface area (Å²) in [4.78, 5) is 2.17. The largest absolute Gasteiger partial charge is 0.416 e. The van der Waals surface area contributed by atoms with Crippen LogP contribution in [0.4, 0.5) is 24.5 Å². The number of rotatable bonds is 1. The first-order valence-corrected chi connectivity index (χ1v) is 8.01. The van der Waals surface area contributed by atoms with Gasteiger partial charge in [-0.2, -0.15) is 13.2 Å². The van der Waals surface area contributed by atoms with E-state index in [1.165, 1.54) is 31.7 Å². The maximum absolute atomic E-state index is 12.7. The van der Waals surface area contributed by atoms with Crippen LogP contribution in [-0.4, -0.2) is 13.1 Å². The molecule has 5 heteroatoms. The second-order valence-corrected chi connectivity index (χ2v) is 7.06. The van der Waals surface area contributed by atoms with E-state index < -0.39 is 11.7 Å². The standard InChI is InChI=1S/C17H23F3N2/c1-16-7-3-2-4-13(16)11-22(9-8-16)15-6-5-12(10-14(15)21)17(18,19)20/h5-6,10,13H,2-4,7-9,11,21H2,1H3/t13?,16-/m0/s1.